The fourth-order valence-corrected chi connectivity index (χ4v) is 5.61. The molecule has 5 heterocycles. The molecule has 4 saturated heterocycles. The molecule has 4 bridgehead atoms. The van der Waals surface area contributed by atoms with Gasteiger partial charge in [0.05, 0.1) is 11.3 Å². The number of nitrogens with zero attached hydrogens (tertiary/aromatic N) is 4. The van der Waals surface area contributed by atoms with Crippen LogP contribution in [0.2, 0.25) is 0 Å². The van der Waals surface area contributed by atoms with Gasteiger partial charge in [-0.3, -0.25) is 9.48 Å². The van der Waals surface area contributed by atoms with E-state index in [9.17, 15) is 4.79 Å². The predicted molar refractivity (Wildman–Crippen MR) is 104 cm³/mol. The summed E-state index contributed by atoms with van der Waals surface area (Å²) in [6, 6.07) is 11.0. The van der Waals surface area contributed by atoms with Crippen molar-refractivity contribution in [1.82, 2.24) is 24.9 Å². The first-order valence-corrected chi connectivity index (χ1v) is 9.86. The fourth-order valence-electron chi connectivity index (χ4n) is 5.61. The number of aromatic nitrogens is 2. The lowest BCUT2D eigenvalue weighted by Gasteiger charge is -2.55. The molecular formula is C21H27N5O. The van der Waals surface area contributed by atoms with Crippen LogP contribution in [0.3, 0.4) is 0 Å². The van der Waals surface area contributed by atoms with Crippen LogP contribution in [0.1, 0.15) is 21.6 Å². The summed E-state index contributed by atoms with van der Waals surface area (Å²) in [5.41, 5.74) is 2.77. The minimum Gasteiger partial charge on any atom is -0.348 e. The highest BCUT2D eigenvalue weighted by atomic mass is 16.1. The molecule has 27 heavy (non-hydrogen) atoms. The van der Waals surface area contributed by atoms with E-state index in [2.05, 4.69) is 50.5 Å². The molecule has 0 aliphatic carbocycles. The molecule has 2 aromatic rings. The molecule has 0 saturated carbocycles. The highest BCUT2D eigenvalue weighted by Crippen LogP contribution is 2.43. The van der Waals surface area contributed by atoms with Crippen molar-refractivity contribution in [2.45, 2.75) is 18.4 Å². The Morgan fingerprint density at radius 3 is 2.41 bits per heavy atom. The summed E-state index contributed by atoms with van der Waals surface area (Å²) < 4.78 is 1.72. The quantitative estimate of drug-likeness (QED) is 0.883. The van der Waals surface area contributed by atoms with Gasteiger partial charge in [-0.25, -0.2) is 0 Å². The first-order chi connectivity index (χ1) is 13.0. The minimum absolute atomic E-state index is 0.0112. The lowest BCUT2D eigenvalue weighted by Crippen LogP contribution is -2.70. The van der Waals surface area contributed by atoms with Crippen LogP contribution in [0.25, 0.3) is 0 Å². The van der Waals surface area contributed by atoms with Crippen LogP contribution < -0.4 is 5.32 Å². The van der Waals surface area contributed by atoms with E-state index in [0.29, 0.717) is 11.5 Å². The Bertz CT molecular complexity index is 845. The molecule has 6 nitrogen and oxygen atoms in total. The topological polar surface area (TPSA) is 53.4 Å². The van der Waals surface area contributed by atoms with Gasteiger partial charge < -0.3 is 15.1 Å². The second-order valence-electron chi connectivity index (χ2n) is 8.51. The molecule has 142 valence electrons. The Morgan fingerprint density at radius 2 is 1.81 bits per heavy atom. The van der Waals surface area contributed by atoms with Gasteiger partial charge in [-0.15, -0.1) is 0 Å². The lowest BCUT2D eigenvalue weighted by molar-refractivity contribution is 0.0180. The molecule has 1 N–H and O–H groups in total. The molecule has 0 spiro atoms. The number of benzene rings is 1. The summed E-state index contributed by atoms with van der Waals surface area (Å²) in [5, 5.41) is 7.80. The van der Waals surface area contributed by atoms with Crippen molar-refractivity contribution >= 4 is 5.91 Å². The fraction of sp³-hybridized carbons (Fsp3) is 0.524. The number of nitrogens with one attached hydrogen (secondary N) is 1. The average Bonchev–Trinajstić information content (AvgIpc) is 2.82. The summed E-state index contributed by atoms with van der Waals surface area (Å²) in [6.07, 6.45) is 1.83. The summed E-state index contributed by atoms with van der Waals surface area (Å²) in [6.45, 7) is 8.34. The zero-order valence-corrected chi connectivity index (χ0v) is 16.1. The molecule has 6 rings (SSSR count). The Kier molecular flexibility index (Phi) is 3.88. The average molecular weight is 365 g/mol. The third-order valence-corrected chi connectivity index (χ3v) is 6.69. The molecule has 0 radical (unpaired) electrons. The van der Waals surface area contributed by atoms with E-state index >= 15 is 0 Å². The summed E-state index contributed by atoms with van der Waals surface area (Å²) >= 11 is 0. The van der Waals surface area contributed by atoms with Gasteiger partial charge in [0.2, 0.25) is 0 Å². The van der Waals surface area contributed by atoms with Crippen LogP contribution in [0, 0.1) is 12.8 Å². The molecule has 4 fully saturated rings. The van der Waals surface area contributed by atoms with E-state index in [1.807, 2.05) is 20.2 Å². The van der Waals surface area contributed by atoms with Crippen LogP contribution >= 0.6 is 0 Å². The van der Waals surface area contributed by atoms with Crippen molar-refractivity contribution in [2.24, 2.45) is 13.0 Å². The summed E-state index contributed by atoms with van der Waals surface area (Å²) in [5.74, 6) is 0.466. The van der Waals surface area contributed by atoms with E-state index in [1.165, 1.54) is 5.56 Å². The Hall–Kier alpha value is -2.18. The number of aryl methyl sites for hydroxylation is 2. The highest BCUT2D eigenvalue weighted by molar-refractivity contribution is 5.95. The maximum Gasteiger partial charge on any atom is 0.255 e. The van der Waals surface area contributed by atoms with Gasteiger partial charge in [0.25, 0.3) is 5.91 Å². The van der Waals surface area contributed by atoms with E-state index in [0.717, 1.165) is 45.0 Å². The Morgan fingerprint density at radius 1 is 1.15 bits per heavy atom. The van der Waals surface area contributed by atoms with Crippen molar-refractivity contribution in [3.8, 4) is 0 Å². The zero-order valence-electron chi connectivity index (χ0n) is 16.1. The summed E-state index contributed by atoms with van der Waals surface area (Å²) in [7, 11) is 1.86. The van der Waals surface area contributed by atoms with Gasteiger partial charge >= 0.3 is 0 Å². The van der Waals surface area contributed by atoms with Crippen LogP contribution in [-0.4, -0.2) is 70.8 Å². The molecule has 6 heteroatoms. The largest absolute Gasteiger partial charge is 0.348 e. The zero-order chi connectivity index (χ0) is 18.6. The third kappa shape index (κ3) is 2.70. The van der Waals surface area contributed by atoms with Crippen LogP contribution in [-0.2, 0) is 12.5 Å². The molecule has 4 aliphatic rings. The van der Waals surface area contributed by atoms with Crippen molar-refractivity contribution in [2.75, 3.05) is 39.3 Å². The minimum atomic E-state index is -0.0509. The van der Waals surface area contributed by atoms with Gasteiger partial charge in [-0.1, -0.05) is 30.3 Å². The normalized spacial score (nSPS) is 34.4. The number of carbonyl (C=O) groups excluding carboxylic acids is 1. The van der Waals surface area contributed by atoms with E-state index in [1.54, 1.807) is 4.68 Å². The van der Waals surface area contributed by atoms with Crippen molar-refractivity contribution in [3.63, 3.8) is 0 Å². The van der Waals surface area contributed by atoms with Gasteiger partial charge in [0.15, 0.2) is 0 Å². The Labute approximate surface area is 160 Å². The molecule has 3 atom stereocenters. The van der Waals surface area contributed by atoms with Gasteiger partial charge in [0, 0.05) is 69.9 Å². The van der Waals surface area contributed by atoms with Crippen LogP contribution in [0.15, 0.2) is 36.5 Å². The number of carbonyl (C=O) groups is 1. The number of hydrogen-bond donors (Lipinski definition) is 1. The van der Waals surface area contributed by atoms with E-state index in [-0.39, 0.29) is 17.4 Å². The molecule has 4 aliphatic heterocycles. The maximum absolute atomic E-state index is 13.1. The third-order valence-electron chi connectivity index (χ3n) is 6.69. The summed E-state index contributed by atoms with van der Waals surface area (Å²) in [4.78, 5) is 18.3. The van der Waals surface area contributed by atoms with Crippen LogP contribution in [0.5, 0.6) is 0 Å². The second kappa shape index (κ2) is 6.17. The molecule has 3 unspecified atom stereocenters. The molecular weight excluding hydrogens is 338 g/mol. The number of rotatable bonds is 3. The highest BCUT2D eigenvalue weighted by Gasteiger charge is 2.55. The standard InChI is InChI=1S/C21H27N5O/c1-15-18(12-24(2)23-15)20(27)22-19-16-10-25-8-9-26(11-16)14-21(19,13-25)17-6-4-3-5-7-17/h3-7,12,16,19H,8-11,13-14H2,1-2H3,(H,22,27). The molecule has 1 aromatic heterocycles. The van der Waals surface area contributed by atoms with Crippen molar-refractivity contribution < 1.29 is 4.79 Å². The Balaban J connectivity index is 1.53. The predicted octanol–water partition coefficient (Wildman–Crippen LogP) is 1.03. The number of amides is 1. The molecule has 1 amide bonds. The van der Waals surface area contributed by atoms with Crippen LogP contribution in [0.4, 0.5) is 0 Å². The van der Waals surface area contributed by atoms with E-state index in [4.69, 9.17) is 0 Å². The second-order valence-corrected chi connectivity index (χ2v) is 8.51. The maximum atomic E-state index is 13.1. The monoisotopic (exact) mass is 365 g/mol. The number of piperidine rings is 2. The molecule has 1 aromatic carbocycles. The van der Waals surface area contributed by atoms with Gasteiger partial charge in [-0.05, 0) is 12.5 Å². The lowest BCUT2D eigenvalue weighted by atomic mass is 9.64. The first kappa shape index (κ1) is 17.0. The van der Waals surface area contributed by atoms with E-state index < -0.39 is 0 Å². The van der Waals surface area contributed by atoms with Gasteiger partial charge in [-0.2, -0.15) is 5.10 Å². The smallest absolute Gasteiger partial charge is 0.255 e. The van der Waals surface area contributed by atoms with Gasteiger partial charge in [0.1, 0.15) is 0 Å². The van der Waals surface area contributed by atoms with Crippen molar-refractivity contribution in [3.05, 3.63) is 53.3 Å². The SMILES string of the molecule is Cc1nn(C)cc1C(=O)NC1C2CN3CCN(C2)CC1(c1ccccc1)C3. The van der Waals surface area contributed by atoms with Crippen molar-refractivity contribution in [1.29, 1.82) is 0 Å². The number of hydrogen-bond acceptors (Lipinski definition) is 4. The number of fused-ring (bicyclic) bond motifs is 1. The first-order valence-electron chi connectivity index (χ1n) is 9.86.